The van der Waals surface area contributed by atoms with Gasteiger partial charge in [-0.15, -0.1) is 0 Å². The fourth-order valence-electron chi connectivity index (χ4n) is 3.80. The Bertz CT molecular complexity index is 903. The molecule has 0 spiro atoms. The largest absolute Gasteiger partial charge is 0.466 e. The second kappa shape index (κ2) is 23.4. The number of benzene rings is 2. The quantitative estimate of drug-likeness (QED) is 0.173. The van der Waals surface area contributed by atoms with E-state index in [-0.39, 0.29) is 18.4 Å². The Labute approximate surface area is 243 Å². The summed E-state index contributed by atoms with van der Waals surface area (Å²) in [5.74, 6) is -0.139. The van der Waals surface area contributed by atoms with Crippen molar-refractivity contribution in [2.24, 2.45) is 0 Å². The first kappa shape index (κ1) is 36.5. The van der Waals surface area contributed by atoms with Gasteiger partial charge >= 0.3 is 11.9 Å². The van der Waals surface area contributed by atoms with Gasteiger partial charge in [0.15, 0.2) is 0 Å². The molecule has 218 valence electrons. The summed E-state index contributed by atoms with van der Waals surface area (Å²) in [5.41, 5.74) is 1.49. The Balaban J connectivity index is 0.000000622. The molecule has 0 aliphatic heterocycles. The molecular formula is C32H47BrO6. The minimum absolute atomic E-state index is 0.0848. The number of halogens is 1. The van der Waals surface area contributed by atoms with Crippen molar-refractivity contribution in [2.45, 2.75) is 91.1 Å². The Hall–Kier alpha value is -2.51. The van der Waals surface area contributed by atoms with E-state index in [0.717, 1.165) is 32.1 Å². The number of aliphatic hydroxyl groups is 1. The molecule has 39 heavy (non-hydrogen) atoms. The van der Waals surface area contributed by atoms with Gasteiger partial charge in [0.05, 0.1) is 25.2 Å². The van der Waals surface area contributed by atoms with E-state index >= 15 is 0 Å². The first-order valence-corrected chi connectivity index (χ1v) is 15.0. The number of carbonyl (C=O) groups is 3. The zero-order valence-corrected chi connectivity index (χ0v) is 25.7. The third-order valence-corrected chi connectivity index (χ3v) is 6.15. The minimum Gasteiger partial charge on any atom is -0.466 e. The van der Waals surface area contributed by atoms with E-state index in [9.17, 15) is 19.5 Å². The molecule has 1 N–H and O–H groups in total. The maximum Gasteiger partial charge on any atom is 0.316 e. The molecule has 0 saturated carbocycles. The average molecular weight is 608 g/mol. The van der Waals surface area contributed by atoms with Gasteiger partial charge in [-0.1, -0.05) is 96.9 Å². The number of ether oxygens (including phenoxy) is 2. The van der Waals surface area contributed by atoms with E-state index < -0.39 is 5.60 Å². The van der Waals surface area contributed by atoms with E-state index in [1.165, 1.54) is 11.1 Å². The number of alkyl halides is 1. The lowest BCUT2D eigenvalue weighted by Gasteiger charge is -2.27. The zero-order valence-electron chi connectivity index (χ0n) is 24.1. The van der Waals surface area contributed by atoms with Crippen LogP contribution in [0.5, 0.6) is 0 Å². The monoisotopic (exact) mass is 606 g/mol. The smallest absolute Gasteiger partial charge is 0.316 e. The lowest BCUT2D eigenvalue weighted by atomic mass is 9.87. The van der Waals surface area contributed by atoms with Crippen molar-refractivity contribution in [1.29, 1.82) is 0 Å². The first-order valence-electron chi connectivity index (χ1n) is 13.9. The van der Waals surface area contributed by atoms with Crippen molar-refractivity contribution in [3.05, 3.63) is 71.8 Å². The molecule has 0 amide bonds. The average Bonchev–Trinajstić information content (AvgIpc) is 2.93. The van der Waals surface area contributed by atoms with E-state index in [1.807, 2.05) is 62.4 Å². The zero-order chi connectivity index (χ0) is 29.4. The highest BCUT2D eigenvalue weighted by molar-refractivity contribution is 9.09. The van der Waals surface area contributed by atoms with Gasteiger partial charge in [-0.25, -0.2) is 0 Å². The predicted octanol–water partition coefficient (Wildman–Crippen LogP) is 7.04. The van der Waals surface area contributed by atoms with Crippen molar-refractivity contribution in [3.8, 4) is 0 Å². The normalized spacial score (nSPS) is 11.5. The maximum atomic E-state index is 11.6. The molecule has 0 aliphatic rings. The first-order chi connectivity index (χ1) is 18.7. The van der Waals surface area contributed by atoms with Crippen molar-refractivity contribution in [3.63, 3.8) is 0 Å². The molecule has 2 aromatic carbocycles. The molecular weight excluding hydrogens is 560 g/mol. The summed E-state index contributed by atoms with van der Waals surface area (Å²) >= 11 is 2.94. The van der Waals surface area contributed by atoms with E-state index in [0.29, 0.717) is 43.6 Å². The molecule has 0 aromatic heterocycles. The lowest BCUT2D eigenvalue weighted by Crippen LogP contribution is -2.33. The molecule has 2 rings (SSSR count). The van der Waals surface area contributed by atoms with Crippen LogP contribution in [0.25, 0.3) is 0 Å². The summed E-state index contributed by atoms with van der Waals surface area (Å²) in [5, 5.41) is 10.9. The summed E-state index contributed by atoms with van der Waals surface area (Å²) < 4.78 is 9.44. The van der Waals surface area contributed by atoms with Gasteiger partial charge in [-0.2, -0.15) is 0 Å². The molecule has 0 fully saturated rings. The fraction of sp³-hybridized carbons (Fsp3) is 0.531. The molecule has 0 bridgehead atoms. The molecule has 1 atom stereocenters. The van der Waals surface area contributed by atoms with Gasteiger partial charge in [0, 0.05) is 12.8 Å². The number of rotatable bonds is 15. The van der Waals surface area contributed by atoms with Crippen LogP contribution in [0.1, 0.15) is 83.8 Å². The Kier molecular flexibility index (Phi) is 21.9. The minimum atomic E-state index is -0.948. The summed E-state index contributed by atoms with van der Waals surface area (Å²) in [6.45, 7) is 8.44. The predicted molar refractivity (Wildman–Crippen MR) is 161 cm³/mol. The van der Waals surface area contributed by atoms with Crippen molar-refractivity contribution < 1.29 is 29.0 Å². The Morgan fingerprint density at radius 3 is 1.67 bits per heavy atom. The van der Waals surface area contributed by atoms with E-state index in [2.05, 4.69) is 32.8 Å². The second-order valence-corrected chi connectivity index (χ2v) is 9.72. The highest BCUT2D eigenvalue weighted by Gasteiger charge is 2.29. The third-order valence-electron chi connectivity index (χ3n) is 5.69. The Morgan fingerprint density at radius 1 is 0.718 bits per heavy atom. The SMILES string of the molecule is CCCC(=O)CCc1ccccc1.CCCC(O)(CCc1ccccc1)CC(=O)OCC.CCOC(=O)CBr. The number of esters is 2. The van der Waals surface area contributed by atoms with Gasteiger partial charge in [0.25, 0.3) is 0 Å². The fourth-order valence-corrected chi connectivity index (χ4v) is 3.96. The van der Waals surface area contributed by atoms with Crippen LogP contribution >= 0.6 is 15.9 Å². The number of aryl methyl sites for hydroxylation is 2. The highest BCUT2D eigenvalue weighted by Crippen LogP contribution is 2.24. The topological polar surface area (TPSA) is 89.9 Å². The number of hydrogen-bond donors (Lipinski definition) is 1. The van der Waals surface area contributed by atoms with Crippen molar-refractivity contribution >= 4 is 33.7 Å². The van der Waals surface area contributed by atoms with Gasteiger partial charge in [0.2, 0.25) is 0 Å². The molecule has 0 aliphatic carbocycles. The molecule has 1 unspecified atom stereocenters. The van der Waals surface area contributed by atoms with Crippen LogP contribution in [0.15, 0.2) is 60.7 Å². The number of ketones is 1. The molecule has 2 aromatic rings. The molecule has 0 radical (unpaired) electrons. The van der Waals surface area contributed by atoms with Crippen molar-refractivity contribution in [2.75, 3.05) is 18.5 Å². The molecule has 0 heterocycles. The van der Waals surface area contributed by atoms with E-state index in [1.54, 1.807) is 13.8 Å². The summed E-state index contributed by atoms with van der Waals surface area (Å²) in [6.07, 6.45) is 6.20. The Morgan fingerprint density at radius 2 is 1.23 bits per heavy atom. The van der Waals surface area contributed by atoms with Gasteiger partial charge in [-0.05, 0) is 57.1 Å². The van der Waals surface area contributed by atoms with Crippen LogP contribution in [-0.2, 0) is 36.7 Å². The second-order valence-electron chi connectivity index (χ2n) is 9.15. The van der Waals surface area contributed by atoms with Crippen LogP contribution in [-0.4, -0.2) is 47.0 Å². The summed E-state index contributed by atoms with van der Waals surface area (Å²) in [4.78, 5) is 32.9. The van der Waals surface area contributed by atoms with Crippen LogP contribution in [0.4, 0.5) is 0 Å². The summed E-state index contributed by atoms with van der Waals surface area (Å²) in [7, 11) is 0. The van der Waals surface area contributed by atoms with Gasteiger partial charge < -0.3 is 14.6 Å². The van der Waals surface area contributed by atoms with Gasteiger partial charge in [0.1, 0.15) is 11.1 Å². The summed E-state index contributed by atoms with van der Waals surface area (Å²) in [6, 6.07) is 20.2. The molecule has 6 nitrogen and oxygen atoms in total. The standard InChI is InChI=1S/C16H24O3.C12H16O.C4H7BrO2/c1-3-11-16(18,13-15(17)19-4-2)12-10-14-8-6-5-7-9-14;1-2-6-12(13)10-9-11-7-4-3-5-8-11;1-2-7-4(6)3-5/h5-9,18H,3-4,10-13H2,1-2H3;3-5,7-8H,2,6,9-10H2,1H3;2-3H2,1H3. The van der Waals surface area contributed by atoms with Crippen LogP contribution < -0.4 is 0 Å². The lowest BCUT2D eigenvalue weighted by molar-refractivity contribution is -0.149. The van der Waals surface area contributed by atoms with E-state index in [4.69, 9.17) is 4.74 Å². The van der Waals surface area contributed by atoms with Crippen LogP contribution in [0.2, 0.25) is 0 Å². The van der Waals surface area contributed by atoms with Gasteiger partial charge in [-0.3, -0.25) is 14.4 Å². The maximum absolute atomic E-state index is 11.6. The third kappa shape index (κ3) is 20.1. The molecule has 7 heteroatoms. The number of Topliss-reactive ketones (excluding diaryl/α,β-unsaturated/α-hetero) is 1. The van der Waals surface area contributed by atoms with Crippen LogP contribution in [0, 0.1) is 0 Å². The van der Waals surface area contributed by atoms with Crippen LogP contribution in [0.3, 0.4) is 0 Å². The number of hydrogen-bond acceptors (Lipinski definition) is 6. The highest BCUT2D eigenvalue weighted by atomic mass is 79.9. The number of carbonyl (C=O) groups excluding carboxylic acids is 3. The van der Waals surface area contributed by atoms with Crippen molar-refractivity contribution in [1.82, 2.24) is 0 Å². The molecule has 0 saturated heterocycles.